The topological polar surface area (TPSA) is 58.6 Å². The molecule has 0 bridgehead atoms. The van der Waals surface area contributed by atoms with Gasteiger partial charge in [0.2, 0.25) is 11.8 Å². The SMILES string of the molecule is COc1ccccc1CNC(=O)C1N(C(C)C)C(=O)C12CCCCC2. The van der Waals surface area contributed by atoms with Gasteiger partial charge in [0.1, 0.15) is 11.8 Å². The number of methoxy groups -OCH3 is 1. The van der Waals surface area contributed by atoms with Gasteiger partial charge in [0, 0.05) is 18.2 Å². The number of carbonyl (C=O) groups excluding carboxylic acids is 2. The lowest BCUT2D eigenvalue weighted by Gasteiger charge is -2.58. The zero-order valence-corrected chi connectivity index (χ0v) is 15.4. The Morgan fingerprint density at radius 2 is 1.96 bits per heavy atom. The van der Waals surface area contributed by atoms with Crippen LogP contribution in [0.5, 0.6) is 5.75 Å². The standard InChI is InChI=1S/C20H28N2O3/c1-14(2)22-17(20(19(22)24)11-7-4-8-12-20)18(23)21-13-15-9-5-6-10-16(15)25-3/h5-6,9-10,14,17H,4,7-8,11-13H2,1-3H3,(H,21,23). The number of rotatable bonds is 5. The Bertz CT molecular complexity index is 650. The lowest BCUT2D eigenvalue weighted by molar-refractivity contribution is -0.186. The molecule has 0 radical (unpaired) electrons. The molecule has 5 nitrogen and oxygen atoms in total. The van der Waals surface area contributed by atoms with Crippen LogP contribution < -0.4 is 10.1 Å². The number of nitrogens with zero attached hydrogens (tertiary/aromatic N) is 1. The van der Waals surface area contributed by atoms with E-state index in [-0.39, 0.29) is 23.9 Å². The Kier molecular flexibility index (Phi) is 5.02. The van der Waals surface area contributed by atoms with Crippen molar-refractivity contribution in [1.29, 1.82) is 0 Å². The maximum atomic E-state index is 13.0. The zero-order valence-electron chi connectivity index (χ0n) is 15.4. The van der Waals surface area contributed by atoms with E-state index < -0.39 is 5.41 Å². The molecule has 1 spiro atoms. The second kappa shape index (κ2) is 7.06. The number of nitrogens with one attached hydrogen (secondary N) is 1. The van der Waals surface area contributed by atoms with E-state index in [1.54, 1.807) is 12.0 Å². The molecule has 1 aromatic carbocycles. The second-order valence-corrected chi connectivity index (χ2v) is 7.46. The van der Waals surface area contributed by atoms with Crippen molar-refractivity contribution in [3.63, 3.8) is 0 Å². The van der Waals surface area contributed by atoms with E-state index in [1.165, 1.54) is 0 Å². The maximum Gasteiger partial charge on any atom is 0.244 e. The molecule has 1 heterocycles. The molecule has 1 aromatic rings. The van der Waals surface area contributed by atoms with Crippen LogP contribution in [0.15, 0.2) is 24.3 Å². The first kappa shape index (κ1) is 17.8. The third-order valence-corrected chi connectivity index (χ3v) is 5.66. The summed E-state index contributed by atoms with van der Waals surface area (Å²) in [5.74, 6) is 0.890. The first-order valence-corrected chi connectivity index (χ1v) is 9.23. The third-order valence-electron chi connectivity index (χ3n) is 5.66. The Morgan fingerprint density at radius 3 is 2.60 bits per heavy atom. The van der Waals surface area contributed by atoms with E-state index in [1.807, 2.05) is 38.1 Å². The van der Waals surface area contributed by atoms with Crippen LogP contribution in [0.25, 0.3) is 0 Å². The summed E-state index contributed by atoms with van der Waals surface area (Å²) in [6.45, 7) is 4.37. The normalized spacial score (nSPS) is 22.0. The van der Waals surface area contributed by atoms with Crippen molar-refractivity contribution in [2.75, 3.05) is 7.11 Å². The molecule has 1 saturated carbocycles. The average molecular weight is 344 g/mol. The molecule has 1 unspecified atom stereocenters. The molecule has 1 aliphatic heterocycles. The molecule has 0 aromatic heterocycles. The zero-order chi connectivity index (χ0) is 18.0. The van der Waals surface area contributed by atoms with Crippen molar-refractivity contribution < 1.29 is 14.3 Å². The van der Waals surface area contributed by atoms with Crippen molar-refractivity contribution in [2.24, 2.45) is 5.41 Å². The highest BCUT2D eigenvalue weighted by Crippen LogP contribution is 2.51. The smallest absolute Gasteiger partial charge is 0.244 e. The van der Waals surface area contributed by atoms with Gasteiger partial charge in [0.15, 0.2) is 0 Å². The van der Waals surface area contributed by atoms with Crippen LogP contribution in [0, 0.1) is 5.41 Å². The first-order valence-electron chi connectivity index (χ1n) is 9.23. The van der Waals surface area contributed by atoms with Crippen LogP contribution in [0.4, 0.5) is 0 Å². The number of amides is 2. The fraction of sp³-hybridized carbons (Fsp3) is 0.600. The number of para-hydroxylation sites is 1. The lowest BCUT2D eigenvalue weighted by atomic mass is 9.61. The van der Waals surface area contributed by atoms with Crippen molar-refractivity contribution in [2.45, 2.75) is 64.6 Å². The van der Waals surface area contributed by atoms with Crippen molar-refractivity contribution in [3.8, 4) is 5.75 Å². The van der Waals surface area contributed by atoms with Crippen LogP contribution in [0.1, 0.15) is 51.5 Å². The van der Waals surface area contributed by atoms with Gasteiger partial charge in [0.25, 0.3) is 0 Å². The summed E-state index contributed by atoms with van der Waals surface area (Å²) in [7, 11) is 1.63. The summed E-state index contributed by atoms with van der Waals surface area (Å²) in [5, 5.41) is 3.04. The van der Waals surface area contributed by atoms with Crippen LogP contribution in [-0.4, -0.2) is 35.9 Å². The fourth-order valence-electron chi connectivity index (χ4n) is 4.40. The van der Waals surface area contributed by atoms with Gasteiger partial charge in [-0.1, -0.05) is 37.5 Å². The quantitative estimate of drug-likeness (QED) is 0.836. The molecule has 136 valence electrons. The number of carbonyl (C=O) groups is 2. The van der Waals surface area contributed by atoms with Crippen molar-refractivity contribution in [3.05, 3.63) is 29.8 Å². The Balaban J connectivity index is 1.75. The Morgan fingerprint density at radius 1 is 1.28 bits per heavy atom. The predicted octanol–water partition coefficient (Wildman–Crippen LogP) is 2.88. The van der Waals surface area contributed by atoms with Crippen LogP contribution >= 0.6 is 0 Å². The van der Waals surface area contributed by atoms with Crippen LogP contribution in [0.2, 0.25) is 0 Å². The maximum absolute atomic E-state index is 13.0. The molecule has 25 heavy (non-hydrogen) atoms. The Hall–Kier alpha value is -2.04. The molecule has 1 N–H and O–H groups in total. The number of β-lactam (4-membered cyclic amide) rings is 1. The summed E-state index contributed by atoms with van der Waals surface area (Å²) >= 11 is 0. The van der Waals surface area contributed by atoms with E-state index >= 15 is 0 Å². The third kappa shape index (κ3) is 3.00. The van der Waals surface area contributed by atoms with Gasteiger partial charge in [0.05, 0.1) is 12.5 Å². The number of hydrogen-bond donors (Lipinski definition) is 1. The highest BCUT2D eigenvalue weighted by Gasteiger charge is 2.63. The minimum absolute atomic E-state index is 0.0406. The molecule has 5 heteroatoms. The molecule has 1 atom stereocenters. The summed E-state index contributed by atoms with van der Waals surface area (Å²) in [5.41, 5.74) is 0.477. The summed E-state index contributed by atoms with van der Waals surface area (Å²) in [6.07, 6.45) is 4.90. The lowest BCUT2D eigenvalue weighted by Crippen LogP contribution is -2.75. The van der Waals surface area contributed by atoms with Crippen LogP contribution in [0.3, 0.4) is 0 Å². The molecule has 2 aliphatic rings. The van der Waals surface area contributed by atoms with Gasteiger partial charge in [-0.2, -0.15) is 0 Å². The minimum Gasteiger partial charge on any atom is -0.496 e. The van der Waals surface area contributed by atoms with Gasteiger partial charge in [-0.05, 0) is 32.8 Å². The van der Waals surface area contributed by atoms with Gasteiger partial charge in [-0.25, -0.2) is 0 Å². The van der Waals surface area contributed by atoms with E-state index in [9.17, 15) is 9.59 Å². The summed E-state index contributed by atoms with van der Waals surface area (Å²) in [6, 6.07) is 7.38. The van der Waals surface area contributed by atoms with Crippen molar-refractivity contribution in [1.82, 2.24) is 10.2 Å². The summed E-state index contributed by atoms with van der Waals surface area (Å²) < 4.78 is 5.35. The predicted molar refractivity (Wildman–Crippen MR) is 96.1 cm³/mol. The largest absolute Gasteiger partial charge is 0.496 e. The molecular weight excluding hydrogens is 316 g/mol. The number of likely N-dealkylation sites (tertiary alicyclic amines) is 1. The van der Waals surface area contributed by atoms with Gasteiger partial charge >= 0.3 is 0 Å². The molecule has 3 rings (SSSR count). The van der Waals surface area contributed by atoms with E-state index in [2.05, 4.69) is 5.32 Å². The average Bonchev–Trinajstić information content (AvgIpc) is 2.64. The van der Waals surface area contributed by atoms with Crippen molar-refractivity contribution >= 4 is 11.8 Å². The van der Waals surface area contributed by atoms with E-state index in [0.717, 1.165) is 43.4 Å². The van der Waals surface area contributed by atoms with Gasteiger partial charge < -0.3 is 15.0 Å². The fourth-order valence-corrected chi connectivity index (χ4v) is 4.40. The molecule has 2 amide bonds. The molecule has 1 aliphatic carbocycles. The highest BCUT2D eigenvalue weighted by atomic mass is 16.5. The van der Waals surface area contributed by atoms with E-state index in [4.69, 9.17) is 4.74 Å². The number of hydrogen-bond acceptors (Lipinski definition) is 3. The minimum atomic E-state index is -0.465. The monoisotopic (exact) mass is 344 g/mol. The van der Waals surface area contributed by atoms with Gasteiger partial charge in [-0.15, -0.1) is 0 Å². The molecule has 2 fully saturated rings. The second-order valence-electron chi connectivity index (χ2n) is 7.46. The molecular formula is C20H28N2O3. The van der Waals surface area contributed by atoms with E-state index in [0.29, 0.717) is 6.54 Å². The highest BCUT2D eigenvalue weighted by molar-refractivity contribution is 6.02. The Labute approximate surface area is 149 Å². The van der Waals surface area contributed by atoms with Crippen LogP contribution in [-0.2, 0) is 16.1 Å². The summed E-state index contributed by atoms with van der Waals surface area (Å²) in [4.78, 5) is 27.5. The van der Waals surface area contributed by atoms with Gasteiger partial charge in [-0.3, -0.25) is 9.59 Å². The first-order chi connectivity index (χ1) is 12.0. The number of ether oxygens (including phenoxy) is 1. The number of benzene rings is 1. The molecule has 1 saturated heterocycles.